The summed E-state index contributed by atoms with van der Waals surface area (Å²) in [5, 5.41) is 0. The predicted octanol–water partition coefficient (Wildman–Crippen LogP) is 2.69. The van der Waals surface area contributed by atoms with Crippen molar-refractivity contribution in [1.29, 1.82) is 0 Å². The van der Waals surface area contributed by atoms with Crippen molar-refractivity contribution in [2.45, 2.75) is 18.9 Å². The summed E-state index contributed by atoms with van der Waals surface area (Å²) in [7, 11) is 0. The lowest BCUT2D eigenvalue weighted by Gasteiger charge is -2.31. The number of carbonyl (C=O) groups is 1. The maximum atomic E-state index is 12.8. The van der Waals surface area contributed by atoms with Crippen LogP contribution in [-0.2, 0) is 4.74 Å². The first-order chi connectivity index (χ1) is 9.20. The van der Waals surface area contributed by atoms with Crippen molar-refractivity contribution in [1.82, 2.24) is 4.90 Å². The van der Waals surface area contributed by atoms with Crippen molar-refractivity contribution in [3.63, 3.8) is 0 Å². The fraction of sp³-hybridized carbons (Fsp3) is 0.500. The van der Waals surface area contributed by atoms with Gasteiger partial charge in [0.2, 0.25) is 0 Å². The van der Waals surface area contributed by atoms with Gasteiger partial charge in [-0.25, -0.2) is 4.39 Å². The molecule has 1 amide bonds. The summed E-state index contributed by atoms with van der Waals surface area (Å²) >= 11 is 5.57. The maximum Gasteiger partial charge on any atom is 0.253 e. The van der Waals surface area contributed by atoms with Crippen LogP contribution in [0.15, 0.2) is 24.3 Å². The van der Waals surface area contributed by atoms with E-state index in [9.17, 15) is 9.18 Å². The molecule has 19 heavy (non-hydrogen) atoms. The normalized spacial score (nSPS) is 16.6. The van der Waals surface area contributed by atoms with Gasteiger partial charge in [-0.05, 0) is 37.1 Å². The summed E-state index contributed by atoms with van der Waals surface area (Å²) < 4.78 is 18.4. The average molecular weight is 286 g/mol. The lowest BCUT2D eigenvalue weighted by atomic mass is 10.1. The summed E-state index contributed by atoms with van der Waals surface area (Å²) in [6.07, 6.45) is 1.84. The van der Waals surface area contributed by atoms with Crippen molar-refractivity contribution < 1.29 is 13.9 Å². The van der Waals surface area contributed by atoms with Crippen molar-refractivity contribution in [3.05, 3.63) is 35.6 Å². The van der Waals surface area contributed by atoms with Crippen LogP contribution in [0.4, 0.5) is 4.39 Å². The van der Waals surface area contributed by atoms with E-state index in [2.05, 4.69) is 0 Å². The standard InChI is InChI=1S/C14H17ClFNO2/c15-7-10-19-13-5-8-17(9-6-13)14(18)11-1-3-12(16)4-2-11/h1-4,13H,5-10H2. The minimum Gasteiger partial charge on any atom is -0.377 e. The highest BCUT2D eigenvalue weighted by Gasteiger charge is 2.23. The van der Waals surface area contributed by atoms with Crippen LogP contribution in [0.25, 0.3) is 0 Å². The van der Waals surface area contributed by atoms with E-state index in [4.69, 9.17) is 16.3 Å². The predicted molar refractivity (Wildman–Crippen MR) is 72.0 cm³/mol. The second-order valence-corrected chi connectivity index (χ2v) is 4.94. The van der Waals surface area contributed by atoms with Crippen molar-refractivity contribution in [3.8, 4) is 0 Å². The lowest BCUT2D eigenvalue weighted by Crippen LogP contribution is -2.41. The smallest absolute Gasteiger partial charge is 0.253 e. The third-order valence-corrected chi connectivity index (χ3v) is 3.41. The molecule has 0 radical (unpaired) electrons. The zero-order chi connectivity index (χ0) is 13.7. The van der Waals surface area contributed by atoms with Gasteiger partial charge in [0, 0.05) is 24.5 Å². The van der Waals surface area contributed by atoms with Gasteiger partial charge in [0.1, 0.15) is 5.82 Å². The van der Waals surface area contributed by atoms with Crippen LogP contribution in [0, 0.1) is 5.82 Å². The number of rotatable bonds is 4. The molecule has 1 heterocycles. The molecule has 0 saturated carbocycles. The number of halogens is 2. The van der Waals surface area contributed by atoms with Crippen molar-refractivity contribution in [2.75, 3.05) is 25.6 Å². The number of likely N-dealkylation sites (tertiary alicyclic amines) is 1. The molecule has 0 N–H and O–H groups in total. The molecule has 5 heteroatoms. The van der Waals surface area contributed by atoms with Crippen LogP contribution in [0.2, 0.25) is 0 Å². The van der Waals surface area contributed by atoms with Crippen LogP contribution in [-0.4, -0.2) is 42.5 Å². The second-order valence-electron chi connectivity index (χ2n) is 4.56. The highest BCUT2D eigenvalue weighted by Crippen LogP contribution is 2.16. The van der Waals surface area contributed by atoms with Crippen molar-refractivity contribution in [2.24, 2.45) is 0 Å². The number of carbonyl (C=O) groups excluding carboxylic acids is 1. The van der Waals surface area contributed by atoms with Crippen LogP contribution in [0.3, 0.4) is 0 Å². The first-order valence-electron chi connectivity index (χ1n) is 6.43. The van der Waals surface area contributed by atoms with Gasteiger partial charge in [-0.3, -0.25) is 4.79 Å². The van der Waals surface area contributed by atoms with Gasteiger partial charge >= 0.3 is 0 Å². The minimum absolute atomic E-state index is 0.0456. The molecule has 1 aromatic rings. The molecule has 0 spiro atoms. The number of benzene rings is 1. The fourth-order valence-electron chi connectivity index (χ4n) is 2.21. The molecule has 0 aromatic heterocycles. The molecule has 0 atom stereocenters. The van der Waals surface area contributed by atoms with E-state index >= 15 is 0 Å². The molecule has 104 valence electrons. The highest BCUT2D eigenvalue weighted by atomic mass is 35.5. The molecule has 1 aliphatic heterocycles. The molecule has 1 aliphatic rings. The Morgan fingerprint density at radius 1 is 1.32 bits per heavy atom. The fourth-order valence-corrected chi connectivity index (χ4v) is 2.30. The van der Waals surface area contributed by atoms with E-state index in [-0.39, 0.29) is 17.8 Å². The number of alkyl halides is 1. The van der Waals surface area contributed by atoms with Gasteiger partial charge < -0.3 is 9.64 Å². The number of nitrogens with zero attached hydrogens (tertiary/aromatic N) is 1. The first kappa shape index (κ1) is 14.3. The van der Waals surface area contributed by atoms with Crippen LogP contribution in [0.1, 0.15) is 23.2 Å². The van der Waals surface area contributed by atoms with Crippen LogP contribution >= 0.6 is 11.6 Å². The Bertz CT molecular complexity index is 416. The first-order valence-corrected chi connectivity index (χ1v) is 6.96. The van der Waals surface area contributed by atoms with E-state index < -0.39 is 0 Å². The molecule has 0 unspecified atom stereocenters. The van der Waals surface area contributed by atoms with E-state index in [0.717, 1.165) is 12.8 Å². The largest absolute Gasteiger partial charge is 0.377 e. The third-order valence-electron chi connectivity index (χ3n) is 3.25. The van der Waals surface area contributed by atoms with Gasteiger partial charge in [0.05, 0.1) is 12.7 Å². The monoisotopic (exact) mass is 285 g/mol. The average Bonchev–Trinajstić information content (AvgIpc) is 2.46. The summed E-state index contributed by atoms with van der Waals surface area (Å²) in [6.45, 7) is 1.89. The van der Waals surface area contributed by atoms with Gasteiger partial charge in [0.15, 0.2) is 0 Å². The molecule has 0 bridgehead atoms. The molecular weight excluding hydrogens is 269 g/mol. The van der Waals surface area contributed by atoms with Gasteiger partial charge in [-0.15, -0.1) is 11.6 Å². The van der Waals surface area contributed by atoms with E-state index in [1.165, 1.54) is 24.3 Å². The Balaban J connectivity index is 1.87. The summed E-state index contributed by atoms with van der Waals surface area (Å²) in [5.41, 5.74) is 0.529. The number of ether oxygens (including phenoxy) is 1. The van der Waals surface area contributed by atoms with Crippen molar-refractivity contribution >= 4 is 17.5 Å². The highest BCUT2D eigenvalue weighted by molar-refractivity contribution is 6.17. The third kappa shape index (κ3) is 3.91. The maximum absolute atomic E-state index is 12.8. The van der Waals surface area contributed by atoms with E-state index in [0.29, 0.717) is 31.1 Å². The minimum atomic E-state index is -0.329. The molecule has 3 nitrogen and oxygen atoms in total. The molecule has 1 fully saturated rings. The van der Waals surface area contributed by atoms with Crippen LogP contribution in [0.5, 0.6) is 0 Å². The molecule has 0 aliphatic carbocycles. The topological polar surface area (TPSA) is 29.5 Å². The number of piperidine rings is 1. The summed E-state index contributed by atoms with van der Waals surface area (Å²) in [6, 6.07) is 5.66. The number of hydrogen-bond acceptors (Lipinski definition) is 2. The SMILES string of the molecule is O=C(c1ccc(F)cc1)N1CCC(OCCCl)CC1. The second kappa shape index (κ2) is 6.87. The number of amides is 1. The number of hydrogen-bond donors (Lipinski definition) is 0. The Hall–Kier alpha value is -1.13. The Labute approximate surface area is 117 Å². The molecule has 2 rings (SSSR count). The Kier molecular flexibility index (Phi) is 5.16. The van der Waals surface area contributed by atoms with E-state index in [1.54, 1.807) is 4.90 Å². The Morgan fingerprint density at radius 3 is 2.53 bits per heavy atom. The molecule has 1 saturated heterocycles. The summed E-state index contributed by atoms with van der Waals surface area (Å²) in [5.74, 6) is 0.120. The quantitative estimate of drug-likeness (QED) is 0.796. The zero-order valence-electron chi connectivity index (χ0n) is 10.6. The summed E-state index contributed by atoms with van der Waals surface area (Å²) in [4.78, 5) is 14.0. The molecular formula is C14H17ClFNO2. The Morgan fingerprint density at radius 2 is 1.95 bits per heavy atom. The van der Waals surface area contributed by atoms with Crippen LogP contribution < -0.4 is 0 Å². The molecule has 1 aromatic carbocycles. The van der Waals surface area contributed by atoms with Gasteiger partial charge in [-0.2, -0.15) is 0 Å². The van der Waals surface area contributed by atoms with Gasteiger partial charge in [0.25, 0.3) is 5.91 Å². The van der Waals surface area contributed by atoms with E-state index in [1.807, 2.05) is 0 Å². The van der Waals surface area contributed by atoms with Gasteiger partial charge in [-0.1, -0.05) is 0 Å². The zero-order valence-corrected chi connectivity index (χ0v) is 11.4. The lowest BCUT2D eigenvalue weighted by molar-refractivity contribution is 0.0154.